The van der Waals surface area contributed by atoms with Crippen LogP contribution in [0.5, 0.6) is 5.88 Å². The van der Waals surface area contributed by atoms with Crippen molar-refractivity contribution in [1.29, 1.82) is 0 Å². The second-order valence-corrected chi connectivity index (χ2v) is 5.33. The van der Waals surface area contributed by atoms with Gasteiger partial charge in [-0.05, 0) is 27.2 Å². The van der Waals surface area contributed by atoms with E-state index >= 15 is 0 Å². The first-order chi connectivity index (χ1) is 10.7. The van der Waals surface area contributed by atoms with E-state index in [0.29, 0.717) is 19.5 Å². The summed E-state index contributed by atoms with van der Waals surface area (Å²) in [6.07, 6.45) is 1.36. The van der Waals surface area contributed by atoms with E-state index in [1.165, 1.54) is 18.0 Å². The Morgan fingerprint density at radius 3 is 2.48 bits per heavy atom. The number of ether oxygens (including phenoxy) is 2. The number of rotatable bonds is 6. The molecule has 0 radical (unpaired) electrons. The molecule has 132 valence electrons. The highest BCUT2D eigenvalue weighted by Crippen LogP contribution is 2.23. The molecule has 0 fully saturated rings. The molecule has 0 aliphatic carbocycles. The summed E-state index contributed by atoms with van der Waals surface area (Å²) >= 11 is 0. The van der Waals surface area contributed by atoms with Crippen LogP contribution in [0.4, 0.5) is 10.5 Å². The van der Waals surface area contributed by atoms with Crippen LogP contribution >= 0.6 is 0 Å². The van der Waals surface area contributed by atoms with Gasteiger partial charge in [0.15, 0.2) is 0 Å². The van der Waals surface area contributed by atoms with Gasteiger partial charge in [-0.1, -0.05) is 13.8 Å². The second-order valence-electron chi connectivity index (χ2n) is 5.33. The molecule has 0 aliphatic heterocycles. The smallest absolute Gasteiger partial charge is 0.407 e. The first-order valence-corrected chi connectivity index (χ1v) is 7.45. The van der Waals surface area contributed by atoms with Crippen LogP contribution in [0, 0.1) is 10.1 Å². The number of aryl methyl sites for hydroxylation is 1. The predicted molar refractivity (Wildman–Crippen MR) is 85.6 cm³/mol. The number of hydrogen-bond donors (Lipinski definition) is 1. The maximum atomic E-state index is 11.4. The van der Waals surface area contributed by atoms with Crippen molar-refractivity contribution in [2.45, 2.75) is 53.2 Å². The number of hydrogen-bond acceptors (Lipinski definition) is 6. The SMILES string of the molecule is CC.COc1nn(CCCNC(=O)OC(C)(C)C)cc1[N+](=O)[O-]. The first kappa shape index (κ1) is 20.7. The van der Waals surface area contributed by atoms with E-state index in [9.17, 15) is 14.9 Å². The number of alkyl carbamates (subject to hydrolysis) is 1. The normalized spacial score (nSPS) is 10.3. The van der Waals surface area contributed by atoms with Gasteiger partial charge in [0.25, 0.3) is 0 Å². The molecule has 1 aromatic rings. The Morgan fingerprint density at radius 1 is 1.43 bits per heavy atom. The van der Waals surface area contributed by atoms with E-state index in [-0.39, 0.29) is 11.6 Å². The number of aromatic nitrogens is 2. The minimum atomic E-state index is -0.554. The van der Waals surface area contributed by atoms with E-state index < -0.39 is 16.6 Å². The molecule has 0 unspecified atom stereocenters. The lowest BCUT2D eigenvalue weighted by molar-refractivity contribution is -0.385. The van der Waals surface area contributed by atoms with Crippen LogP contribution in [0.2, 0.25) is 0 Å². The van der Waals surface area contributed by atoms with Crippen molar-refractivity contribution in [2.75, 3.05) is 13.7 Å². The van der Waals surface area contributed by atoms with Crippen LogP contribution in [0.15, 0.2) is 6.20 Å². The second kappa shape index (κ2) is 9.65. The maximum absolute atomic E-state index is 11.4. The van der Waals surface area contributed by atoms with Gasteiger partial charge in [-0.3, -0.25) is 14.8 Å². The molecular weight excluding hydrogens is 304 g/mol. The Morgan fingerprint density at radius 2 is 2.04 bits per heavy atom. The number of methoxy groups -OCH3 is 1. The zero-order chi connectivity index (χ0) is 18.0. The fourth-order valence-corrected chi connectivity index (χ4v) is 1.52. The van der Waals surface area contributed by atoms with Gasteiger partial charge in [0.1, 0.15) is 11.8 Å². The predicted octanol–water partition coefficient (Wildman–Crippen LogP) is 2.74. The van der Waals surface area contributed by atoms with Crippen LogP contribution < -0.4 is 10.1 Å². The Kier molecular flexibility index (Phi) is 8.67. The van der Waals surface area contributed by atoms with Gasteiger partial charge in [-0.25, -0.2) is 4.79 Å². The van der Waals surface area contributed by atoms with Crippen LogP contribution in [-0.2, 0) is 11.3 Å². The highest BCUT2D eigenvalue weighted by atomic mass is 16.6. The molecule has 0 saturated heterocycles. The van der Waals surface area contributed by atoms with E-state index in [4.69, 9.17) is 9.47 Å². The van der Waals surface area contributed by atoms with Crippen molar-refractivity contribution in [3.8, 4) is 5.88 Å². The molecule has 1 heterocycles. The van der Waals surface area contributed by atoms with Gasteiger partial charge < -0.3 is 14.8 Å². The van der Waals surface area contributed by atoms with Gasteiger partial charge in [-0.15, -0.1) is 5.10 Å². The third-order valence-corrected chi connectivity index (χ3v) is 2.33. The number of nitrogens with one attached hydrogen (secondary N) is 1. The molecule has 0 aliphatic rings. The minimum absolute atomic E-state index is 0.0277. The molecular formula is C14H26N4O5. The third-order valence-electron chi connectivity index (χ3n) is 2.33. The standard InChI is InChI=1S/C12H20N4O5.C2H6/c1-12(2,3)21-11(17)13-6-5-7-15-8-9(16(18)19)10(14-15)20-4;1-2/h8H,5-7H2,1-4H3,(H,13,17);1-2H3. The third kappa shape index (κ3) is 8.03. The minimum Gasteiger partial charge on any atom is -0.475 e. The van der Waals surface area contributed by atoms with Crippen LogP contribution in [0.3, 0.4) is 0 Å². The van der Waals surface area contributed by atoms with Gasteiger partial charge >= 0.3 is 17.7 Å². The molecule has 0 bridgehead atoms. The zero-order valence-electron chi connectivity index (χ0n) is 14.6. The van der Waals surface area contributed by atoms with Gasteiger partial charge in [-0.2, -0.15) is 0 Å². The highest BCUT2D eigenvalue weighted by molar-refractivity contribution is 5.67. The van der Waals surface area contributed by atoms with Gasteiger partial charge in [0, 0.05) is 13.1 Å². The summed E-state index contributed by atoms with van der Waals surface area (Å²) in [4.78, 5) is 21.6. The summed E-state index contributed by atoms with van der Waals surface area (Å²) in [5.41, 5.74) is -0.724. The summed E-state index contributed by atoms with van der Waals surface area (Å²) < 4.78 is 11.3. The van der Waals surface area contributed by atoms with Crippen LogP contribution in [0.1, 0.15) is 41.0 Å². The lowest BCUT2D eigenvalue weighted by Gasteiger charge is -2.19. The van der Waals surface area contributed by atoms with Crippen LogP contribution in [-0.4, -0.2) is 40.1 Å². The molecule has 1 N–H and O–H groups in total. The average molecular weight is 330 g/mol. The summed E-state index contributed by atoms with van der Waals surface area (Å²) in [7, 11) is 1.32. The monoisotopic (exact) mass is 330 g/mol. The van der Waals surface area contributed by atoms with E-state index in [1.807, 2.05) is 13.8 Å². The fraction of sp³-hybridized carbons (Fsp3) is 0.714. The van der Waals surface area contributed by atoms with Gasteiger partial charge in [0.05, 0.1) is 12.0 Å². The lowest BCUT2D eigenvalue weighted by atomic mass is 10.2. The Balaban J connectivity index is 0.00000232. The highest BCUT2D eigenvalue weighted by Gasteiger charge is 2.20. The van der Waals surface area contributed by atoms with E-state index in [0.717, 1.165) is 0 Å². The number of amides is 1. The summed E-state index contributed by atoms with van der Waals surface area (Å²) in [5.74, 6) is -0.0277. The summed E-state index contributed by atoms with van der Waals surface area (Å²) in [5, 5.41) is 17.3. The Labute approximate surface area is 136 Å². The molecule has 23 heavy (non-hydrogen) atoms. The number of nitro groups is 1. The number of nitrogens with zero attached hydrogens (tertiary/aromatic N) is 3. The van der Waals surface area contributed by atoms with Crippen molar-refractivity contribution in [1.82, 2.24) is 15.1 Å². The summed E-state index contributed by atoms with van der Waals surface area (Å²) in [6, 6.07) is 0. The first-order valence-electron chi connectivity index (χ1n) is 7.45. The van der Waals surface area contributed by atoms with Crippen molar-refractivity contribution in [2.24, 2.45) is 0 Å². The van der Waals surface area contributed by atoms with Crippen molar-refractivity contribution >= 4 is 11.8 Å². The lowest BCUT2D eigenvalue weighted by Crippen LogP contribution is -2.33. The van der Waals surface area contributed by atoms with Crippen molar-refractivity contribution < 1.29 is 19.2 Å². The van der Waals surface area contributed by atoms with E-state index in [1.54, 1.807) is 20.8 Å². The topological polar surface area (TPSA) is 109 Å². The molecule has 0 saturated carbocycles. The van der Waals surface area contributed by atoms with Crippen molar-refractivity contribution in [3.05, 3.63) is 16.3 Å². The number of carbonyl (C=O) groups excluding carboxylic acids is 1. The van der Waals surface area contributed by atoms with Crippen LogP contribution in [0.25, 0.3) is 0 Å². The molecule has 9 heteroatoms. The largest absolute Gasteiger partial charge is 0.475 e. The molecule has 1 rings (SSSR count). The molecule has 1 aromatic heterocycles. The average Bonchev–Trinajstić information content (AvgIpc) is 2.87. The molecule has 0 atom stereocenters. The van der Waals surface area contributed by atoms with Crippen molar-refractivity contribution in [3.63, 3.8) is 0 Å². The molecule has 1 amide bonds. The maximum Gasteiger partial charge on any atom is 0.407 e. The quantitative estimate of drug-likeness (QED) is 0.488. The van der Waals surface area contributed by atoms with E-state index in [2.05, 4.69) is 10.4 Å². The van der Waals surface area contributed by atoms with Gasteiger partial charge in [0.2, 0.25) is 0 Å². The molecule has 0 aromatic carbocycles. The zero-order valence-corrected chi connectivity index (χ0v) is 14.6. The summed E-state index contributed by atoms with van der Waals surface area (Å²) in [6.45, 7) is 10.1. The fourth-order valence-electron chi connectivity index (χ4n) is 1.52. The Hall–Kier alpha value is -2.32. The molecule has 9 nitrogen and oxygen atoms in total. The Bertz CT molecular complexity index is 508. The number of carbonyl (C=O) groups is 1. The molecule has 0 spiro atoms.